The van der Waals surface area contributed by atoms with Crippen molar-refractivity contribution < 1.29 is 4.79 Å². The van der Waals surface area contributed by atoms with Crippen molar-refractivity contribution >= 4 is 27.6 Å². The van der Waals surface area contributed by atoms with E-state index in [1.165, 1.54) is 0 Å². The van der Waals surface area contributed by atoms with Gasteiger partial charge in [-0.3, -0.25) is 14.3 Å². The van der Waals surface area contributed by atoms with Gasteiger partial charge in [0.05, 0.1) is 22.8 Å². The van der Waals surface area contributed by atoms with E-state index in [9.17, 15) is 9.59 Å². The molecular weight excluding hydrogens is 440 g/mol. The van der Waals surface area contributed by atoms with E-state index < -0.39 is 0 Å². The molecule has 1 saturated carbocycles. The predicted molar refractivity (Wildman–Crippen MR) is 135 cm³/mol. The molecule has 5 aromatic rings. The zero-order valence-corrected chi connectivity index (χ0v) is 19.4. The van der Waals surface area contributed by atoms with Gasteiger partial charge in [0.1, 0.15) is 5.69 Å². The molecule has 8 nitrogen and oxygen atoms in total. The minimum atomic E-state index is -0.157. The molecule has 8 heteroatoms. The van der Waals surface area contributed by atoms with Gasteiger partial charge in [-0.2, -0.15) is 10.2 Å². The normalized spacial score (nSPS) is 18.2. The molecule has 0 aliphatic heterocycles. The van der Waals surface area contributed by atoms with Crippen LogP contribution in [0.3, 0.4) is 0 Å². The van der Waals surface area contributed by atoms with Crippen LogP contribution in [0.15, 0.2) is 65.7 Å². The summed E-state index contributed by atoms with van der Waals surface area (Å²) in [7, 11) is 1.89. The number of aromatic nitrogens is 5. The predicted octanol–water partition coefficient (Wildman–Crippen LogP) is 4.26. The van der Waals surface area contributed by atoms with Gasteiger partial charge in [0.15, 0.2) is 0 Å². The first-order valence-electron chi connectivity index (χ1n) is 12.0. The summed E-state index contributed by atoms with van der Waals surface area (Å²) < 4.78 is 1.77. The molecule has 3 N–H and O–H groups in total. The first-order valence-corrected chi connectivity index (χ1v) is 12.0. The van der Waals surface area contributed by atoms with Crippen molar-refractivity contribution in [3.8, 4) is 11.1 Å². The van der Waals surface area contributed by atoms with Crippen LogP contribution in [-0.2, 0) is 7.05 Å². The molecule has 0 spiro atoms. The summed E-state index contributed by atoms with van der Waals surface area (Å²) in [5.74, 6) is 0.175. The number of aromatic amines is 2. The molecule has 2 aromatic carbocycles. The van der Waals surface area contributed by atoms with Crippen LogP contribution in [0.2, 0.25) is 0 Å². The van der Waals surface area contributed by atoms with Gasteiger partial charge in [0.2, 0.25) is 0 Å². The van der Waals surface area contributed by atoms with Crippen molar-refractivity contribution in [2.45, 2.75) is 37.6 Å². The maximum absolute atomic E-state index is 13.1. The smallest absolute Gasteiger partial charge is 0.272 e. The molecule has 0 unspecified atom stereocenters. The van der Waals surface area contributed by atoms with Crippen LogP contribution >= 0.6 is 0 Å². The quantitative estimate of drug-likeness (QED) is 0.368. The Morgan fingerprint density at radius 1 is 1.06 bits per heavy atom. The Morgan fingerprint density at radius 2 is 1.86 bits per heavy atom. The fraction of sp³-hybridized carbons (Fsp3) is 0.259. The molecule has 0 radical (unpaired) electrons. The molecular formula is C27H26N6O2. The van der Waals surface area contributed by atoms with Gasteiger partial charge < -0.3 is 10.3 Å². The van der Waals surface area contributed by atoms with E-state index in [1.54, 1.807) is 4.68 Å². The highest BCUT2D eigenvalue weighted by Gasteiger charge is 2.27. The third-order valence-electron chi connectivity index (χ3n) is 7.09. The third kappa shape index (κ3) is 3.90. The standard InChI is InChI=1S/C27H26N6O2/c1-33-15-18(14-28-33)20-8-4-5-17-13-23(30-24(17)20)27(35)29-19-11-9-16(10-12-19)25-21-6-2-3-7-22(21)26(34)32-31-25/h2-8,13-16,19,30H,9-12H2,1H3,(H,29,35)(H,32,34). The lowest BCUT2D eigenvalue weighted by Crippen LogP contribution is -2.37. The van der Waals surface area contributed by atoms with Crippen LogP contribution in [-0.4, -0.2) is 36.9 Å². The average Bonchev–Trinajstić information content (AvgIpc) is 3.51. The minimum Gasteiger partial charge on any atom is -0.350 e. The van der Waals surface area contributed by atoms with Gasteiger partial charge >= 0.3 is 0 Å². The molecule has 1 aliphatic rings. The summed E-state index contributed by atoms with van der Waals surface area (Å²) in [6.45, 7) is 0. The molecule has 1 amide bonds. The monoisotopic (exact) mass is 466 g/mol. The Labute approximate surface area is 201 Å². The number of carbonyl (C=O) groups is 1. The molecule has 35 heavy (non-hydrogen) atoms. The SMILES string of the molecule is Cn1cc(-c2cccc3cc(C(=O)NC4CCC(c5n[nH]c(=O)c6ccccc56)CC4)[nH]c23)cn1. The molecule has 3 aromatic heterocycles. The van der Waals surface area contributed by atoms with Crippen molar-refractivity contribution in [2.75, 3.05) is 0 Å². The number of nitrogens with one attached hydrogen (secondary N) is 3. The number of amides is 1. The number of hydrogen-bond donors (Lipinski definition) is 3. The second kappa shape index (κ2) is 8.54. The highest BCUT2D eigenvalue weighted by atomic mass is 16.2. The maximum atomic E-state index is 13.1. The minimum absolute atomic E-state index is 0.0885. The molecule has 0 bridgehead atoms. The lowest BCUT2D eigenvalue weighted by Gasteiger charge is -2.29. The lowest BCUT2D eigenvalue weighted by atomic mass is 9.82. The Hall–Kier alpha value is -4.20. The van der Waals surface area contributed by atoms with Crippen LogP contribution in [0.5, 0.6) is 0 Å². The van der Waals surface area contributed by atoms with Gasteiger partial charge in [-0.05, 0) is 37.8 Å². The Bertz CT molecular complexity index is 1600. The second-order valence-electron chi connectivity index (χ2n) is 9.36. The van der Waals surface area contributed by atoms with Crippen LogP contribution < -0.4 is 10.9 Å². The number of rotatable bonds is 4. The first kappa shape index (κ1) is 21.3. The Balaban J connectivity index is 1.17. The van der Waals surface area contributed by atoms with Crippen molar-refractivity contribution in [1.29, 1.82) is 0 Å². The number of aryl methyl sites for hydroxylation is 1. The number of benzene rings is 2. The first-order chi connectivity index (χ1) is 17.1. The van der Waals surface area contributed by atoms with Gasteiger partial charge in [-0.1, -0.05) is 36.4 Å². The molecule has 6 rings (SSSR count). The summed E-state index contributed by atoms with van der Waals surface area (Å²) in [6.07, 6.45) is 7.35. The summed E-state index contributed by atoms with van der Waals surface area (Å²) in [6, 6.07) is 15.7. The topological polar surface area (TPSA) is 108 Å². The molecule has 1 aliphatic carbocycles. The number of fused-ring (bicyclic) bond motifs is 2. The van der Waals surface area contributed by atoms with E-state index in [2.05, 4.69) is 25.6 Å². The van der Waals surface area contributed by atoms with Gasteiger partial charge in [-0.15, -0.1) is 0 Å². The highest BCUT2D eigenvalue weighted by molar-refractivity contribution is 6.02. The highest BCUT2D eigenvalue weighted by Crippen LogP contribution is 2.34. The van der Waals surface area contributed by atoms with Crippen LogP contribution in [0, 0.1) is 0 Å². The molecule has 1 fully saturated rings. The summed E-state index contributed by atoms with van der Waals surface area (Å²) in [5, 5.41) is 17.1. The number of nitrogens with zero attached hydrogens (tertiary/aromatic N) is 3. The van der Waals surface area contributed by atoms with Crippen molar-refractivity contribution in [3.05, 3.63) is 82.7 Å². The largest absolute Gasteiger partial charge is 0.350 e. The number of carbonyl (C=O) groups excluding carboxylic acids is 1. The maximum Gasteiger partial charge on any atom is 0.272 e. The Morgan fingerprint density at radius 3 is 2.63 bits per heavy atom. The zero-order valence-electron chi connectivity index (χ0n) is 19.4. The van der Waals surface area contributed by atoms with E-state index in [0.717, 1.165) is 58.8 Å². The van der Waals surface area contributed by atoms with Gasteiger partial charge in [0, 0.05) is 47.1 Å². The van der Waals surface area contributed by atoms with E-state index in [-0.39, 0.29) is 23.4 Å². The second-order valence-corrected chi connectivity index (χ2v) is 9.36. The van der Waals surface area contributed by atoms with Crippen molar-refractivity contribution in [1.82, 2.24) is 30.3 Å². The van der Waals surface area contributed by atoms with Crippen molar-refractivity contribution in [3.63, 3.8) is 0 Å². The number of hydrogen-bond acceptors (Lipinski definition) is 4. The van der Waals surface area contributed by atoms with Crippen molar-refractivity contribution in [2.24, 2.45) is 7.05 Å². The fourth-order valence-electron chi connectivity index (χ4n) is 5.30. The van der Waals surface area contributed by atoms with E-state index in [0.29, 0.717) is 11.1 Å². The van der Waals surface area contributed by atoms with E-state index in [1.807, 2.05) is 68.0 Å². The third-order valence-corrected chi connectivity index (χ3v) is 7.09. The molecule has 0 saturated heterocycles. The summed E-state index contributed by atoms with van der Waals surface area (Å²) in [4.78, 5) is 28.5. The van der Waals surface area contributed by atoms with Crippen LogP contribution in [0.25, 0.3) is 32.8 Å². The Kier molecular flexibility index (Phi) is 5.21. The average molecular weight is 467 g/mol. The van der Waals surface area contributed by atoms with E-state index >= 15 is 0 Å². The number of H-pyrrole nitrogens is 2. The number of para-hydroxylation sites is 1. The summed E-state index contributed by atoms with van der Waals surface area (Å²) >= 11 is 0. The fourth-order valence-corrected chi connectivity index (χ4v) is 5.30. The molecule has 0 atom stereocenters. The van der Waals surface area contributed by atoms with Gasteiger partial charge in [-0.25, -0.2) is 5.10 Å². The zero-order chi connectivity index (χ0) is 23.9. The molecule has 3 heterocycles. The summed E-state index contributed by atoms with van der Waals surface area (Å²) in [5.41, 5.74) is 4.32. The van der Waals surface area contributed by atoms with Crippen LogP contribution in [0.4, 0.5) is 0 Å². The van der Waals surface area contributed by atoms with Gasteiger partial charge in [0.25, 0.3) is 11.5 Å². The van der Waals surface area contributed by atoms with Crippen LogP contribution in [0.1, 0.15) is 47.8 Å². The van der Waals surface area contributed by atoms with E-state index in [4.69, 9.17) is 0 Å². The lowest BCUT2D eigenvalue weighted by molar-refractivity contribution is 0.0921. The molecule has 176 valence electrons.